The van der Waals surface area contributed by atoms with Crippen LogP contribution in [-0.4, -0.2) is 19.9 Å². The van der Waals surface area contributed by atoms with Crippen LogP contribution in [0.3, 0.4) is 0 Å². The molecule has 0 saturated heterocycles. The van der Waals surface area contributed by atoms with Crippen LogP contribution in [0, 0.1) is 0 Å². The SMILES string of the molecule is Nc1nc(-c2ccccc2)nc2c1c(-c1ccc(Cl)cc1)nn2N. The van der Waals surface area contributed by atoms with Crippen LogP contribution < -0.4 is 11.6 Å². The van der Waals surface area contributed by atoms with Crippen molar-refractivity contribution in [2.24, 2.45) is 0 Å². The molecule has 4 aromatic rings. The molecule has 118 valence electrons. The lowest BCUT2D eigenvalue weighted by molar-refractivity contribution is 0.853. The van der Waals surface area contributed by atoms with Gasteiger partial charge < -0.3 is 11.6 Å². The summed E-state index contributed by atoms with van der Waals surface area (Å²) in [6, 6.07) is 16.9. The molecular weight excluding hydrogens is 324 g/mol. The summed E-state index contributed by atoms with van der Waals surface area (Å²) in [7, 11) is 0. The van der Waals surface area contributed by atoms with Gasteiger partial charge in [0.1, 0.15) is 11.5 Å². The predicted molar refractivity (Wildman–Crippen MR) is 95.8 cm³/mol. The van der Waals surface area contributed by atoms with Crippen LogP contribution >= 0.6 is 11.6 Å². The van der Waals surface area contributed by atoms with E-state index in [0.717, 1.165) is 11.1 Å². The summed E-state index contributed by atoms with van der Waals surface area (Å²) < 4.78 is 0. The van der Waals surface area contributed by atoms with Crippen LogP contribution in [0.4, 0.5) is 5.82 Å². The average molecular weight is 337 g/mol. The fourth-order valence-electron chi connectivity index (χ4n) is 2.59. The molecule has 2 aromatic carbocycles. The maximum Gasteiger partial charge on any atom is 0.186 e. The second kappa shape index (κ2) is 5.50. The van der Waals surface area contributed by atoms with Crippen LogP contribution in [0.1, 0.15) is 0 Å². The molecule has 0 amide bonds. The molecule has 0 aliphatic heterocycles. The maximum atomic E-state index is 6.19. The van der Waals surface area contributed by atoms with Crippen molar-refractivity contribution in [2.45, 2.75) is 0 Å². The Morgan fingerprint density at radius 3 is 2.29 bits per heavy atom. The lowest BCUT2D eigenvalue weighted by Crippen LogP contribution is -2.11. The summed E-state index contributed by atoms with van der Waals surface area (Å²) in [5.74, 6) is 6.84. The fraction of sp³-hybridized carbons (Fsp3) is 0. The van der Waals surface area contributed by atoms with Gasteiger partial charge in [-0.25, -0.2) is 9.97 Å². The van der Waals surface area contributed by atoms with Crippen LogP contribution in [-0.2, 0) is 0 Å². The van der Waals surface area contributed by atoms with E-state index in [1.54, 1.807) is 12.1 Å². The minimum atomic E-state index is 0.334. The van der Waals surface area contributed by atoms with Gasteiger partial charge in [0.25, 0.3) is 0 Å². The van der Waals surface area contributed by atoms with E-state index < -0.39 is 0 Å². The molecule has 0 bridgehead atoms. The molecule has 0 unspecified atom stereocenters. The standard InChI is InChI=1S/C17H13ClN6/c18-12-8-6-10(7-9-12)14-13-15(19)21-16(11-4-2-1-3-5-11)22-17(13)24(20)23-14/h1-9H,20H2,(H2,19,21,22). The first kappa shape index (κ1) is 14.5. The fourth-order valence-corrected chi connectivity index (χ4v) is 2.72. The van der Waals surface area contributed by atoms with Gasteiger partial charge in [-0.2, -0.15) is 4.79 Å². The first-order valence-corrected chi connectivity index (χ1v) is 7.64. The van der Waals surface area contributed by atoms with Crippen molar-refractivity contribution in [3.63, 3.8) is 0 Å². The van der Waals surface area contributed by atoms with Gasteiger partial charge in [0.2, 0.25) is 0 Å². The molecule has 2 heterocycles. The molecule has 6 nitrogen and oxygen atoms in total. The molecule has 0 fully saturated rings. The van der Waals surface area contributed by atoms with Crippen LogP contribution in [0.5, 0.6) is 0 Å². The van der Waals surface area contributed by atoms with Gasteiger partial charge in [0.05, 0.1) is 5.39 Å². The number of anilines is 1. The quantitative estimate of drug-likeness (QED) is 0.548. The number of fused-ring (bicyclic) bond motifs is 1. The molecule has 0 radical (unpaired) electrons. The van der Waals surface area contributed by atoms with Crippen molar-refractivity contribution in [3.05, 3.63) is 59.6 Å². The van der Waals surface area contributed by atoms with Crippen molar-refractivity contribution < 1.29 is 0 Å². The van der Waals surface area contributed by atoms with Gasteiger partial charge in [0.15, 0.2) is 11.5 Å². The van der Waals surface area contributed by atoms with Gasteiger partial charge in [-0.15, -0.1) is 5.10 Å². The minimum Gasteiger partial charge on any atom is -0.383 e. The van der Waals surface area contributed by atoms with Crippen LogP contribution in [0.15, 0.2) is 54.6 Å². The Hall–Kier alpha value is -3.12. The molecule has 0 atom stereocenters. The first-order chi connectivity index (χ1) is 11.6. The Labute approximate surface area is 142 Å². The Morgan fingerprint density at radius 1 is 0.875 bits per heavy atom. The molecule has 7 heteroatoms. The van der Waals surface area contributed by atoms with Crippen molar-refractivity contribution >= 4 is 28.5 Å². The first-order valence-electron chi connectivity index (χ1n) is 7.26. The molecule has 4 N–H and O–H groups in total. The van der Waals surface area contributed by atoms with Gasteiger partial charge in [-0.05, 0) is 12.1 Å². The molecule has 0 saturated carbocycles. The van der Waals surface area contributed by atoms with Gasteiger partial charge in [0, 0.05) is 16.1 Å². The topological polar surface area (TPSA) is 95.6 Å². The molecule has 0 spiro atoms. The number of benzene rings is 2. The summed E-state index contributed by atoms with van der Waals surface area (Å²) in [4.78, 5) is 10.2. The minimum absolute atomic E-state index is 0.334. The van der Waals surface area contributed by atoms with Crippen molar-refractivity contribution in [2.75, 3.05) is 11.6 Å². The number of nitrogen functional groups attached to an aromatic ring is 2. The number of halogens is 1. The lowest BCUT2D eigenvalue weighted by atomic mass is 10.1. The summed E-state index contributed by atoms with van der Waals surface area (Å²) in [5.41, 5.74) is 9.00. The zero-order valence-electron chi connectivity index (χ0n) is 12.5. The highest BCUT2D eigenvalue weighted by molar-refractivity contribution is 6.30. The smallest absolute Gasteiger partial charge is 0.186 e. The highest BCUT2D eigenvalue weighted by atomic mass is 35.5. The predicted octanol–water partition coefficient (Wildman–Crippen LogP) is 3.11. The summed E-state index contributed by atoms with van der Waals surface area (Å²) in [6.07, 6.45) is 0. The summed E-state index contributed by atoms with van der Waals surface area (Å²) in [5, 5.41) is 5.62. The third-order valence-corrected chi connectivity index (χ3v) is 3.98. The molecule has 0 aliphatic carbocycles. The highest BCUT2D eigenvalue weighted by Gasteiger charge is 2.18. The zero-order valence-corrected chi connectivity index (χ0v) is 13.3. The van der Waals surface area contributed by atoms with E-state index in [1.165, 1.54) is 4.79 Å². The van der Waals surface area contributed by atoms with Crippen molar-refractivity contribution in [1.29, 1.82) is 0 Å². The molecule has 24 heavy (non-hydrogen) atoms. The van der Waals surface area contributed by atoms with Crippen LogP contribution in [0.2, 0.25) is 5.02 Å². The van der Waals surface area contributed by atoms with E-state index in [2.05, 4.69) is 15.1 Å². The van der Waals surface area contributed by atoms with Crippen LogP contribution in [0.25, 0.3) is 33.7 Å². The van der Waals surface area contributed by atoms with E-state index >= 15 is 0 Å². The average Bonchev–Trinajstić information content (AvgIpc) is 2.94. The molecular formula is C17H13ClN6. The third-order valence-electron chi connectivity index (χ3n) is 3.73. The Morgan fingerprint density at radius 2 is 1.58 bits per heavy atom. The molecule has 0 aliphatic rings. The number of nitrogens with two attached hydrogens (primary N) is 2. The van der Waals surface area contributed by atoms with Crippen molar-refractivity contribution in [1.82, 2.24) is 19.9 Å². The maximum absolute atomic E-state index is 6.19. The molecule has 2 aromatic heterocycles. The van der Waals surface area contributed by atoms with E-state index in [-0.39, 0.29) is 0 Å². The van der Waals surface area contributed by atoms with E-state index in [4.69, 9.17) is 23.2 Å². The number of rotatable bonds is 2. The van der Waals surface area contributed by atoms with Gasteiger partial charge in [-0.3, -0.25) is 0 Å². The molecule has 4 rings (SSSR count). The largest absolute Gasteiger partial charge is 0.383 e. The second-order valence-electron chi connectivity index (χ2n) is 5.30. The van der Waals surface area contributed by atoms with E-state index in [9.17, 15) is 0 Å². The Balaban J connectivity index is 1.95. The second-order valence-corrected chi connectivity index (χ2v) is 5.73. The van der Waals surface area contributed by atoms with Gasteiger partial charge in [-0.1, -0.05) is 54.1 Å². The normalized spacial score (nSPS) is 11.0. The monoisotopic (exact) mass is 336 g/mol. The Bertz CT molecular complexity index is 1020. The van der Waals surface area contributed by atoms with Gasteiger partial charge >= 0.3 is 0 Å². The number of hydrogen-bond acceptors (Lipinski definition) is 5. The number of nitrogens with zero attached hydrogens (tertiary/aromatic N) is 4. The summed E-state index contributed by atoms with van der Waals surface area (Å²) in [6.45, 7) is 0. The van der Waals surface area contributed by atoms with E-state index in [0.29, 0.717) is 33.4 Å². The zero-order chi connectivity index (χ0) is 16.7. The summed E-state index contributed by atoms with van der Waals surface area (Å²) >= 11 is 5.94. The highest BCUT2D eigenvalue weighted by Crippen LogP contribution is 2.31. The third kappa shape index (κ3) is 2.33. The number of aromatic nitrogens is 4. The van der Waals surface area contributed by atoms with Crippen molar-refractivity contribution in [3.8, 4) is 22.6 Å². The van der Waals surface area contributed by atoms with E-state index in [1.807, 2.05) is 42.5 Å². The lowest BCUT2D eigenvalue weighted by Gasteiger charge is -2.04. The Kier molecular flexibility index (Phi) is 3.32. The number of hydrogen-bond donors (Lipinski definition) is 2.